The van der Waals surface area contributed by atoms with E-state index in [2.05, 4.69) is 0 Å². The molecule has 7 atom stereocenters. The fraction of sp³-hybridized carbons (Fsp3) is 0.867. The predicted molar refractivity (Wildman–Crippen MR) is 66.9 cm³/mol. The van der Waals surface area contributed by atoms with Gasteiger partial charge in [-0.05, 0) is 13.8 Å². The van der Waals surface area contributed by atoms with E-state index in [1.807, 2.05) is 20.8 Å². The summed E-state index contributed by atoms with van der Waals surface area (Å²) in [5.41, 5.74) is -3.79. The lowest BCUT2D eigenvalue weighted by Gasteiger charge is -2.59. The lowest BCUT2D eigenvalue weighted by atomic mass is 9.60. The van der Waals surface area contributed by atoms with Crippen molar-refractivity contribution in [3.05, 3.63) is 0 Å². The van der Waals surface area contributed by atoms with Crippen LogP contribution in [0.2, 0.25) is 0 Å². The molecule has 2 saturated carbocycles. The van der Waals surface area contributed by atoms with Crippen molar-refractivity contribution in [3.63, 3.8) is 0 Å². The molecule has 1 spiro atoms. The maximum Gasteiger partial charge on any atom is 0.315 e. The highest BCUT2D eigenvalue weighted by atomic mass is 16.6. The van der Waals surface area contributed by atoms with Crippen LogP contribution in [0.1, 0.15) is 33.6 Å². The first-order chi connectivity index (χ1) is 9.70. The molecule has 3 saturated heterocycles. The van der Waals surface area contributed by atoms with Crippen LogP contribution in [-0.4, -0.2) is 47.1 Å². The molecule has 0 aromatic rings. The first-order valence-corrected chi connectivity index (χ1v) is 7.45. The Hall–Kier alpha value is -1.14. The van der Waals surface area contributed by atoms with Crippen molar-refractivity contribution in [2.45, 2.75) is 57.0 Å². The predicted octanol–water partition coefficient (Wildman–Crippen LogP) is 0.164. The van der Waals surface area contributed by atoms with Crippen LogP contribution in [0, 0.1) is 16.2 Å². The van der Waals surface area contributed by atoms with Crippen molar-refractivity contribution >= 4 is 11.9 Å². The molecule has 0 bridgehead atoms. The molecule has 2 aliphatic carbocycles. The molecular weight excluding hydrogens is 276 g/mol. The summed E-state index contributed by atoms with van der Waals surface area (Å²) in [6, 6.07) is 0. The summed E-state index contributed by atoms with van der Waals surface area (Å²) < 4.78 is 17.3. The zero-order chi connectivity index (χ0) is 15.1. The quantitative estimate of drug-likeness (QED) is 0.641. The summed E-state index contributed by atoms with van der Waals surface area (Å²) in [5, 5.41) is 10.5. The van der Waals surface area contributed by atoms with Gasteiger partial charge in [0.15, 0.2) is 0 Å². The Bertz CT molecular complexity index is 632. The third-order valence-electron chi connectivity index (χ3n) is 7.72. The Morgan fingerprint density at radius 1 is 1.24 bits per heavy atom. The van der Waals surface area contributed by atoms with Crippen molar-refractivity contribution in [2.24, 2.45) is 16.2 Å². The Morgan fingerprint density at radius 3 is 2.67 bits per heavy atom. The van der Waals surface area contributed by atoms with Gasteiger partial charge in [-0.25, -0.2) is 0 Å². The topological polar surface area (TPSA) is 82.1 Å². The molecule has 1 unspecified atom stereocenters. The van der Waals surface area contributed by atoms with E-state index in [0.717, 1.165) is 0 Å². The zero-order valence-corrected chi connectivity index (χ0v) is 12.3. The third-order valence-corrected chi connectivity index (χ3v) is 7.72. The Balaban J connectivity index is 1.85. The van der Waals surface area contributed by atoms with Crippen LogP contribution in [0.5, 0.6) is 0 Å². The van der Waals surface area contributed by atoms with E-state index in [1.54, 1.807) is 0 Å². The molecule has 6 heteroatoms. The van der Waals surface area contributed by atoms with Crippen LogP contribution < -0.4 is 0 Å². The third kappa shape index (κ3) is 0.744. The minimum atomic E-state index is -0.866. The minimum Gasteiger partial charge on any atom is -0.464 e. The number of rotatable bonds is 0. The van der Waals surface area contributed by atoms with Gasteiger partial charge in [-0.3, -0.25) is 9.59 Å². The van der Waals surface area contributed by atoms with E-state index in [9.17, 15) is 14.7 Å². The van der Waals surface area contributed by atoms with Gasteiger partial charge in [0.2, 0.25) is 0 Å². The molecule has 1 N–H and O–H groups in total. The number of hydrogen-bond acceptors (Lipinski definition) is 6. The molecule has 3 heterocycles. The Morgan fingerprint density at radius 2 is 1.95 bits per heavy atom. The first-order valence-electron chi connectivity index (χ1n) is 7.45. The van der Waals surface area contributed by atoms with Gasteiger partial charge in [-0.2, -0.15) is 0 Å². The molecule has 6 nitrogen and oxygen atoms in total. The summed E-state index contributed by atoms with van der Waals surface area (Å²) in [4.78, 5) is 24.5. The molecule has 114 valence electrons. The summed E-state index contributed by atoms with van der Waals surface area (Å²) in [6.07, 6.45) is -0.601. The van der Waals surface area contributed by atoms with Gasteiger partial charge in [0, 0.05) is 6.42 Å². The molecular formula is C15H18O6. The zero-order valence-electron chi connectivity index (χ0n) is 12.3. The lowest BCUT2D eigenvalue weighted by molar-refractivity contribution is -0.334. The van der Waals surface area contributed by atoms with Gasteiger partial charge >= 0.3 is 11.9 Å². The molecule has 0 aromatic heterocycles. The molecule has 21 heavy (non-hydrogen) atoms. The van der Waals surface area contributed by atoms with Gasteiger partial charge < -0.3 is 19.3 Å². The second-order valence-electron chi connectivity index (χ2n) is 7.88. The molecule has 3 aliphatic heterocycles. The maximum atomic E-state index is 12.4. The average molecular weight is 294 g/mol. The van der Waals surface area contributed by atoms with Crippen molar-refractivity contribution in [3.8, 4) is 0 Å². The van der Waals surface area contributed by atoms with Crippen LogP contribution in [0.25, 0.3) is 0 Å². The molecule has 5 rings (SSSR count). The molecule has 5 aliphatic rings. The van der Waals surface area contributed by atoms with Gasteiger partial charge in [0.25, 0.3) is 0 Å². The fourth-order valence-corrected chi connectivity index (χ4v) is 6.40. The monoisotopic (exact) mass is 294 g/mol. The maximum absolute atomic E-state index is 12.4. The normalized spacial score (nSPS) is 66.3. The van der Waals surface area contributed by atoms with E-state index in [-0.39, 0.29) is 25.0 Å². The molecule has 0 radical (unpaired) electrons. The summed E-state index contributed by atoms with van der Waals surface area (Å²) in [7, 11) is 0. The Labute approximate surface area is 121 Å². The van der Waals surface area contributed by atoms with Crippen LogP contribution >= 0.6 is 0 Å². The van der Waals surface area contributed by atoms with Gasteiger partial charge in [-0.15, -0.1) is 0 Å². The van der Waals surface area contributed by atoms with Gasteiger partial charge in [0.05, 0.1) is 29.5 Å². The van der Waals surface area contributed by atoms with Gasteiger partial charge in [0.1, 0.15) is 23.2 Å². The highest BCUT2D eigenvalue weighted by Gasteiger charge is 2.99. The number of carbonyl (C=O) groups excluding carboxylic acids is 2. The molecule has 5 fully saturated rings. The number of esters is 2. The highest BCUT2D eigenvalue weighted by Crippen LogP contribution is 2.86. The van der Waals surface area contributed by atoms with Crippen molar-refractivity contribution in [1.29, 1.82) is 0 Å². The van der Waals surface area contributed by atoms with Crippen LogP contribution in [0.4, 0.5) is 0 Å². The van der Waals surface area contributed by atoms with Crippen molar-refractivity contribution in [2.75, 3.05) is 6.61 Å². The summed E-state index contributed by atoms with van der Waals surface area (Å²) in [6.45, 7) is 5.86. The fourth-order valence-electron chi connectivity index (χ4n) is 6.40. The summed E-state index contributed by atoms with van der Waals surface area (Å²) >= 11 is 0. The summed E-state index contributed by atoms with van der Waals surface area (Å²) in [5.74, 6) is -0.540. The second kappa shape index (κ2) is 2.74. The van der Waals surface area contributed by atoms with E-state index in [4.69, 9.17) is 14.2 Å². The largest absolute Gasteiger partial charge is 0.464 e. The Kier molecular flexibility index (Phi) is 1.62. The van der Waals surface area contributed by atoms with E-state index < -0.39 is 39.7 Å². The van der Waals surface area contributed by atoms with Crippen molar-refractivity contribution < 1.29 is 28.9 Å². The highest BCUT2D eigenvalue weighted by molar-refractivity contribution is 5.86. The first kappa shape index (κ1) is 12.4. The molecule has 0 amide bonds. The number of fused-ring (bicyclic) bond motifs is 2. The smallest absolute Gasteiger partial charge is 0.315 e. The average Bonchev–Trinajstić information content (AvgIpc) is 2.92. The van der Waals surface area contributed by atoms with E-state index in [0.29, 0.717) is 6.42 Å². The number of aliphatic hydroxyl groups excluding tert-OH is 1. The van der Waals surface area contributed by atoms with E-state index in [1.165, 1.54) is 0 Å². The van der Waals surface area contributed by atoms with Crippen LogP contribution in [-0.2, 0) is 23.8 Å². The van der Waals surface area contributed by atoms with Crippen molar-refractivity contribution in [1.82, 2.24) is 0 Å². The standard InChI is InChI=1S/C15H18O6/c1-11-6-19-10(18)12(11,2)9-14-5-8(17)20-15(11,14)4-7(16)13(14,3)21-9/h7,9,16H,4-6H2,1-3H3/t7-,9?,11+,12-,13+,14+,15-/m0/s1. The number of carbonyl (C=O) groups is 2. The SMILES string of the molecule is C[C@@]12COC(=O)[C@]1(C)C1O[C@]3(C)[C@@H](O)C[C@]24OC(=O)C[C@]143. The minimum absolute atomic E-state index is 0.208. The van der Waals surface area contributed by atoms with Crippen LogP contribution in [0.15, 0.2) is 0 Å². The number of hydrogen-bond donors (Lipinski definition) is 1. The number of aliphatic hydroxyl groups is 1. The molecule has 0 aromatic carbocycles. The lowest BCUT2D eigenvalue weighted by Crippen LogP contribution is -2.72. The van der Waals surface area contributed by atoms with Gasteiger partial charge in [-0.1, -0.05) is 6.92 Å². The van der Waals surface area contributed by atoms with E-state index >= 15 is 0 Å². The number of ether oxygens (including phenoxy) is 3. The van der Waals surface area contributed by atoms with Crippen LogP contribution in [0.3, 0.4) is 0 Å². The number of cyclic esters (lactones) is 1. The second-order valence-corrected chi connectivity index (χ2v) is 7.88.